The van der Waals surface area contributed by atoms with Crippen LogP contribution in [0.15, 0.2) is 182 Å². The van der Waals surface area contributed by atoms with E-state index in [4.69, 9.17) is 19.7 Å². The van der Waals surface area contributed by atoms with Crippen LogP contribution in [0.4, 0.5) is 0 Å². The molecule has 0 N–H and O–H groups in total. The first-order valence-electron chi connectivity index (χ1n) is 18.7. The first-order chi connectivity index (χ1) is 27.7. The molecule has 0 saturated carbocycles. The zero-order valence-electron chi connectivity index (χ0n) is 30.0. The zero-order chi connectivity index (χ0) is 37.2. The summed E-state index contributed by atoms with van der Waals surface area (Å²) in [5.41, 5.74) is 11.6. The van der Waals surface area contributed by atoms with Gasteiger partial charge in [0.05, 0.1) is 17.0 Å². The molecule has 9 aromatic rings. The van der Waals surface area contributed by atoms with Gasteiger partial charge in [-0.05, 0) is 80.6 Å². The minimum Gasteiger partial charge on any atom is -0.457 e. The van der Waals surface area contributed by atoms with E-state index in [2.05, 4.69) is 121 Å². The van der Waals surface area contributed by atoms with Gasteiger partial charge in [-0.3, -0.25) is 0 Å². The minimum absolute atomic E-state index is 0.600. The Bertz CT molecular complexity index is 3020. The molecule has 260 valence electrons. The summed E-state index contributed by atoms with van der Waals surface area (Å²) in [5, 5.41) is 11.7. The van der Waals surface area contributed by atoms with Crippen LogP contribution in [0, 0.1) is 11.3 Å². The van der Waals surface area contributed by atoms with E-state index in [9.17, 15) is 5.26 Å². The first kappa shape index (κ1) is 31.8. The van der Waals surface area contributed by atoms with Crippen molar-refractivity contribution in [2.75, 3.05) is 0 Å². The van der Waals surface area contributed by atoms with Crippen LogP contribution in [0.1, 0.15) is 27.8 Å². The number of nitriles is 1. The molecule has 0 bridgehead atoms. The van der Waals surface area contributed by atoms with Gasteiger partial charge in [0.2, 0.25) is 0 Å². The summed E-state index contributed by atoms with van der Waals surface area (Å²) in [7, 11) is 0. The van der Waals surface area contributed by atoms with E-state index in [1.165, 1.54) is 5.56 Å². The highest BCUT2D eigenvalue weighted by atomic mass is 16.5. The number of fused-ring (bicyclic) bond motifs is 10. The fourth-order valence-electron chi connectivity index (χ4n) is 8.72. The molecule has 56 heavy (non-hydrogen) atoms. The van der Waals surface area contributed by atoms with E-state index in [0.29, 0.717) is 23.0 Å². The lowest BCUT2D eigenvalue weighted by Crippen LogP contribution is -2.32. The lowest BCUT2D eigenvalue weighted by molar-refractivity contribution is 0.436. The molecule has 0 saturated heterocycles. The first-order valence-corrected chi connectivity index (χ1v) is 18.7. The van der Waals surface area contributed by atoms with Crippen LogP contribution in [0.3, 0.4) is 0 Å². The SMILES string of the molecule is N#Cc1ccc(-c2ccc3c(c2)C2(c4ccccc4Oc4ccccc42)c2cc(-c4nc(-c5ccccc5)nc(-c5cccc6ccccc56)n4)ccc2-3)cc1. The van der Waals surface area contributed by atoms with Crippen LogP contribution in [-0.2, 0) is 5.41 Å². The maximum Gasteiger partial charge on any atom is 0.164 e. The van der Waals surface area contributed by atoms with Crippen molar-refractivity contribution >= 4 is 10.8 Å². The van der Waals surface area contributed by atoms with Crippen LogP contribution >= 0.6 is 0 Å². The van der Waals surface area contributed by atoms with E-state index >= 15 is 0 Å². The van der Waals surface area contributed by atoms with Gasteiger partial charge < -0.3 is 4.74 Å². The number of rotatable bonds is 4. The smallest absolute Gasteiger partial charge is 0.164 e. The third-order valence-corrected chi connectivity index (χ3v) is 11.2. The van der Waals surface area contributed by atoms with E-state index in [0.717, 1.165) is 77.9 Å². The molecule has 1 aliphatic carbocycles. The monoisotopic (exact) mass is 714 g/mol. The summed E-state index contributed by atoms with van der Waals surface area (Å²) < 4.78 is 6.65. The van der Waals surface area contributed by atoms with Crippen LogP contribution in [0.2, 0.25) is 0 Å². The Morgan fingerprint density at radius 3 is 1.68 bits per heavy atom. The molecule has 2 aliphatic rings. The molecule has 1 aromatic heterocycles. The fraction of sp³-hybridized carbons (Fsp3) is 0.0196. The highest BCUT2D eigenvalue weighted by molar-refractivity contribution is 5.96. The van der Waals surface area contributed by atoms with Crippen molar-refractivity contribution in [2.24, 2.45) is 0 Å². The Morgan fingerprint density at radius 2 is 0.964 bits per heavy atom. The molecule has 1 spiro atoms. The van der Waals surface area contributed by atoms with Crippen LogP contribution in [0.25, 0.3) is 67.2 Å². The lowest BCUT2D eigenvalue weighted by atomic mass is 9.65. The van der Waals surface area contributed by atoms with Gasteiger partial charge in [0.1, 0.15) is 11.5 Å². The zero-order valence-corrected chi connectivity index (χ0v) is 30.0. The summed E-state index contributed by atoms with van der Waals surface area (Å²) in [6.07, 6.45) is 0. The summed E-state index contributed by atoms with van der Waals surface area (Å²) in [6, 6.07) is 65.0. The van der Waals surface area contributed by atoms with Gasteiger partial charge in [-0.25, -0.2) is 15.0 Å². The van der Waals surface area contributed by atoms with Crippen molar-refractivity contribution in [1.29, 1.82) is 5.26 Å². The Kier molecular flexibility index (Phi) is 7.07. The Hall–Kier alpha value is -7.68. The lowest BCUT2D eigenvalue weighted by Gasteiger charge is -2.39. The van der Waals surface area contributed by atoms with Crippen LogP contribution in [-0.4, -0.2) is 15.0 Å². The second-order valence-electron chi connectivity index (χ2n) is 14.3. The number of benzene rings is 8. The second-order valence-corrected chi connectivity index (χ2v) is 14.3. The average Bonchev–Trinajstić information content (AvgIpc) is 3.55. The molecular formula is C51H30N4O. The normalized spacial score (nSPS) is 12.9. The quantitative estimate of drug-likeness (QED) is 0.181. The third kappa shape index (κ3) is 4.76. The molecule has 2 heterocycles. The number of hydrogen-bond acceptors (Lipinski definition) is 5. The number of ether oxygens (including phenoxy) is 1. The summed E-state index contributed by atoms with van der Waals surface area (Å²) in [5.74, 6) is 3.49. The van der Waals surface area contributed by atoms with Gasteiger partial charge in [0.25, 0.3) is 0 Å². The van der Waals surface area contributed by atoms with Gasteiger partial charge in [0.15, 0.2) is 17.5 Å². The van der Waals surface area contributed by atoms with Gasteiger partial charge in [-0.2, -0.15) is 5.26 Å². The molecule has 11 rings (SSSR count). The van der Waals surface area contributed by atoms with Gasteiger partial charge in [-0.15, -0.1) is 0 Å². The highest BCUT2D eigenvalue weighted by Gasteiger charge is 2.51. The van der Waals surface area contributed by atoms with Crippen molar-refractivity contribution in [1.82, 2.24) is 15.0 Å². The van der Waals surface area contributed by atoms with Gasteiger partial charge in [-0.1, -0.05) is 146 Å². The Balaban J connectivity index is 1.18. The molecule has 0 atom stereocenters. The largest absolute Gasteiger partial charge is 0.457 e. The fourth-order valence-corrected chi connectivity index (χ4v) is 8.72. The van der Waals surface area contributed by atoms with Gasteiger partial charge >= 0.3 is 0 Å². The molecule has 0 fully saturated rings. The van der Waals surface area contributed by atoms with Crippen molar-refractivity contribution in [3.63, 3.8) is 0 Å². The molecule has 0 amide bonds. The van der Waals surface area contributed by atoms with Gasteiger partial charge in [0, 0.05) is 27.8 Å². The summed E-state index contributed by atoms with van der Waals surface area (Å²) in [4.78, 5) is 15.5. The number of para-hydroxylation sites is 2. The molecule has 8 aromatic carbocycles. The van der Waals surface area contributed by atoms with E-state index < -0.39 is 5.41 Å². The van der Waals surface area contributed by atoms with Crippen molar-refractivity contribution in [3.05, 3.63) is 210 Å². The van der Waals surface area contributed by atoms with Crippen LogP contribution in [0.5, 0.6) is 11.5 Å². The third-order valence-electron chi connectivity index (χ3n) is 11.2. The van der Waals surface area contributed by atoms with Crippen molar-refractivity contribution in [3.8, 4) is 74.0 Å². The Labute approximate surface area is 323 Å². The summed E-state index contributed by atoms with van der Waals surface area (Å²) in [6.45, 7) is 0. The predicted molar refractivity (Wildman–Crippen MR) is 221 cm³/mol. The summed E-state index contributed by atoms with van der Waals surface area (Å²) >= 11 is 0. The second kappa shape index (κ2) is 12.4. The molecule has 5 nitrogen and oxygen atoms in total. The maximum absolute atomic E-state index is 9.50. The minimum atomic E-state index is -0.706. The number of nitrogens with zero attached hydrogens (tertiary/aromatic N) is 4. The maximum atomic E-state index is 9.50. The molecular weight excluding hydrogens is 685 g/mol. The van der Waals surface area contributed by atoms with Crippen molar-refractivity contribution in [2.45, 2.75) is 5.41 Å². The average molecular weight is 715 g/mol. The Morgan fingerprint density at radius 1 is 0.411 bits per heavy atom. The predicted octanol–water partition coefficient (Wildman–Crippen LogP) is 12.0. The van der Waals surface area contributed by atoms with E-state index in [-0.39, 0.29) is 0 Å². The van der Waals surface area contributed by atoms with Crippen molar-refractivity contribution < 1.29 is 4.74 Å². The number of aromatic nitrogens is 3. The molecule has 5 heteroatoms. The van der Waals surface area contributed by atoms with E-state index in [1.54, 1.807) is 0 Å². The number of hydrogen-bond donors (Lipinski definition) is 0. The molecule has 0 radical (unpaired) electrons. The molecule has 1 aliphatic heterocycles. The molecule has 0 unspecified atom stereocenters. The van der Waals surface area contributed by atoms with Crippen LogP contribution < -0.4 is 4.74 Å². The topological polar surface area (TPSA) is 71.7 Å². The van der Waals surface area contributed by atoms with E-state index in [1.807, 2.05) is 66.7 Å². The standard InChI is InChI=1S/C51H30N4O/c52-31-32-21-23-33(24-22-32)36-25-27-39-40-28-26-37(30-45(40)51(44(39)29-36)42-17-6-8-19-46(42)56-47-20-9-7-18-43(47)51)49-53-48(35-12-2-1-3-13-35)54-50(55-49)41-16-10-14-34-11-4-5-15-38(34)41/h1-30H. The highest BCUT2D eigenvalue weighted by Crippen LogP contribution is 2.62.